The van der Waals surface area contributed by atoms with Gasteiger partial charge >= 0.3 is 0 Å². The van der Waals surface area contributed by atoms with Gasteiger partial charge in [-0.15, -0.1) is 0 Å². The standard InChI is InChI=1S/C24H18BrN3O4/c1-28(24(30)21-10-5-13-31-21)20-9-3-2-8-19(20)23(29)27-17-11-12-22(26-15-17)32-18-7-4-6-16(25)14-18/h2-15H,1H3,(H,27,29). The van der Waals surface area contributed by atoms with Crippen molar-refractivity contribution < 1.29 is 18.7 Å². The number of amides is 2. The number of rotatable bonds is 6. The van der Waals surface area contributed by atoms with Gasteiger partial charge in [-0.1, -0.05) is 34.1 Å². The molecule has 4 rings (SSSR count). The summed E-state index contributed by atoms with van der Waals surface area (Å²) in [7, 11) is 1.59. The van der Waals surface area contributed by atoms with E-state index in [9.17, 15) is 9.59 Å². The number of nitrogens with one attached hydrogen (secondary N) is 1. The molecule has 1 N–H and O–H groups in total. The Bertz CT molecular complexity index is 1240. The quantitative estimate of drug-likeness (QED) is 0.370. The summed E-state index contributed by atoms with van der Waals surface area (Å²) < 4.78 is 11.8. The molecule has 0 atom stereocenters. The van der Waals surface area contributed by atoms with Crippen LogP contribution in [0.3, 0.4) is 0 Å². The summed E-state index contributed by atoms with van der Waals surface area (Å²) in [5, 5.41) is 2.80. The van der Waals surface area contributed by atoms with Crippen LogP contribution in [0.5, 0.6) is 11.6 Å². The third kappa shape index (κ3) is 4.87. The highest BCUT2D eigenvalue weighted by molar-refractivity contribution is 9.10. The first-order valence-electron chi connectivity index (χ1n) is 9.62. The van der Waals surface area contributed by atoms with Crippen LogP contribution in [0.2, 0.25) is 0 Å². The lowest BCUT2D eigenvalue weighted by Crippen LogP contribution is -2.28. The fourth-order valence-corrected chi connectivity index (χ4v) is 3.38. The van der Waals surface area contributed by atoms with Crippen LogP contribution >= 0.6 is 15.9 Å². The normalized spacial score (nSPS) is 10.4. The van der Waals surface area contributed by atoms with Crippen LogP contribution in [-0.4, -0.2) is 23.8 Å². The minimum Gasteiger partial charge on any atom is -0.459 e. The number of ether oxygens (including phenoxy) is 1. The van der Waals surface area contributed by atoms with E-state index < -0.39 is 0 Å². The van der Waals surface area contributed by atoms with Crippen molar-refractivity contribution in [2.24, 2.45) is 0 Å². The van der Waals surface area contributed by atoms with E-state index in [1.807, 2.05) is 24.3 Å². The summed E-state index contributed by atoms with van der Waals surface area (Å²) in [5.41, 5.74) is 1.28. The van der Waals surface area contributed by atoms with E-state index >= 15 is 0 Å². The van der Waals surface area contributed by atoms with E-state index in [-0.39, 0.29) is 17.6 Å². The molecule has 0 spiro atoms. The molecule has 8 heteroatoms. The van der Waals surface area contributed by atoms with Gasteiger partial charge in [-0.05, 0) is 48.5 Å². The Balaban J connectivity index is 1.48. The number of carbonyl (C=O) groups is 2. The number of hydrogen-bond donors (Lipinski definition) is 1. The summed E-state index contributed by atoms with van der Waals surface area (Å²) >= 11 is 3.39. The maximum Gasteiger partial charge on any atom is 0.293 e. The summed E-state index contributed by atoms with van der Waals surface area (Å²) in [6.07, 6.45) is 2.93. The fourth-order valence-electron chi connectivity index (χ4n) is 3.00. The first kappa shape index (κ1) is 21.3. The molecule has 7 nitrogen and oxygen atoms in total. The van der Waals surface area contributed by atoms with Crippen molar-refractivity contribution in [3.05, 3.63) is 101 Å². The molecule has 2 heterocycles. The molecular formula is C24H18BrN3O4. The number of halogens is 1. The lowest BCUT2D eigenvalue weighted by molar-refractivity contribution is 0.0966. The van der Waals surface area contributed by atoms with Gasteiger partial charge in [0.1, 0.15) is 5.75 Å². The summed E-state index contributed by atoms with van der Waals surface area (Å²) in [6.45, 7) is 0. The van der Waals surface area contributed by atoms with Crippen molar-refractivity contribution in [3.63, 3.8) is 0 Å². The van der Waals surface area contributed by atoms with E-state index in [0.29, 0.717) is 28.6 Å². The Morgan fingerprint density at radius 2 is 1.88 bits per heavy atom. The Morgan fingerprint density at radius 3 is 2.59 bits per heavy atom. The van der Waals surface area contributed by atoms with E-state index in [1.165, 1.54) is 17.4 Å². The van der Waals surface area contributed by atoms with Gasteiger partial charge in [0.2, 0.25) is 5.88 Å². The summed E-state index contributed by atoms with van der Waals surface area (Å²) in [6, 6.07) is 20.8. The molecule has 0 radical (unpaired) electrons. The second-order valence-electron chi connectivity index (χ2n) is 6.76. The van der Waals surface area contributed by atoms with Crippen LogP contribution < -0.4 is 15.0 Å². The highest BCUT2D eigenvalue weighted by atomic mass is 79.9. The van der Waals surface area contributed by atoms with Gasteiger partial charge in [-0.3, -0.25) is 9.59 Å². The molecule has 160 valence electrons. The number of furan rings is 1. The SMILES string of the molecule is CN(C(=O)c1ccco1)c1ccccc1C(=O)Nc1ccc(Oc2cccc(Br)c2)nc1. The van der Waals surface area contributed by atoms with Gasteiger partial charge in [-0.2, -0.15) is 0 Å². The molecular weight excluding hydrogens is 474 g/mol. The van der Waals surface area contributed by atoms with Gasteiger partial charge in [-0.25, -0.2) is 4.98 Å². The molecule has 2 amide bonds. The van der Waals surface area contributed by atoms with Crippen LogP contribution in [0, 0.1) is 0 Å². The Hall–Kier alpha value is -3.91. The predicted octanol–water partition coefficient (Wildman–Crippen LogP) is 5.76. The number of para-hydroxylation sites is 1. The largest absolute Gasteiger partial charge is 0.459 e. The number of pyridine rings is 1. The number of aromatic nitrogens is 1. The molecule has 2 aromatic heterocycles. The van der Waals surface area contributed by atoms with Crippen LogP contribution in [-0.2, 0) is 0 Å². The second-order valence-corrected chi connectivity index (χ2v) is 7.67. The average Bonchev–Trinajstić information content (AvgIpc) is 3.34. The van der Waals surface area contributed by atoms with Crippen molar-refractivity contribution in [1.82, 2.24) is 4.98 Å². The molecule has 0 fully saturated rings. The molecule has 0 unspecified atom stereocenters. The minimum atomic E-state index is -0.373. The monoisotopic (exact) mass is 491 g/mol. The van der Waals surface area contributed by atoms with Gasteiger partial charge in [0, 0.05) is 17.6 Å². The minimum absolute atomic E-state index is 0.188. The predicted molar refractivity (Wildman–Crippen MR) is 124 cm³/mol. The number of hydrogen-bond acceptors (Lipinski definition) is 5. The van der Waals surface area contributed by atoms with Gasteiger partial charge < -0.3 is 19.4 Å². The van der Waals surface area contributed by atoms with Crippen molar-refractivity contribution >= 4 is 39.1 Å². The summed E-state index contributed by atoms with van der Waals surface area (Å²) in [4.78, 5) is 31.2. The number of nitrogens with zero attached hydrogens (tertiary/aromatic N) is 2. The van der Waals surface area contributed by atoms with Crippen LogP contribution in [0.15, 0.2) is 94.1 Å². The maximum atomic E-state index is 12.9. The zero-order valence-electron chi connectivity index (χ0n) is 17.0. The average molecular weight is 492 g/mol. The smallest absolute Gasteiger partial charge is 0.293 e. The van der Waals surface area contributed by atoms with Crippen LogP contribution in [0.25, 0.3) is 0 Å². The zero-order chi connectivity index (χ0) is 22.5. The van der Waals surface area contributed by atoms with Gasteiger partial charge in [0.05, 0.1) is 29.4 Å². The lowest BCUT2D eigenvalue weighted by atomic mass is 10.1. The molecule has 2 aromatic carbocycles. The van der Waals surface area contributed by atoms with E-state index in [0.717, 1.165) is 4.47 Å². The Kier molecular flexibility index (Phi) is 6.32. The lowest BCUT2D eigenvalue weighted by Gasteiger charge is -2.19. The second kappa shape index (κ2) is 9.49. The molecule has 0 aliphatic carbocycles. The van der Waals surface area contributed by atoms with Crippen molar-refractivity contribution in [2.75, 3.05) is 17.3 Å². The van der Waals surface area contributed by atoms with E-state index in [1.54, 1.807) is 55.6 Å². The molecule has 4 aromatic rings. The topological polar surface area (TPSA) is 84.7 Å². The maximum absolute atomic E-state index is 12.9. The highest BCUT2D eigenvalue weighted by Crippen LogP contribution is 2.25. The van der Waals surface area contributed by atoms with Gasteiger partial charge in [0.25, 0.3) is 11.8 Å². The third-order valence-electron chi connectivity index (χ3n) is 4.56. The first-order valence-corrected chi connectivity index (χ1v) is 10.4. The van der Waals surface area contributed by atoms with E-state index in [2.05, 4.69) is 26.2 Å². The van der Waals surface area contributed by atoms with Crippen molar-refractivity contribution in [2.45, 2.75) is 0 Å². The van der Waals surface area contributed by atoms with Crippen LogP contribution in [0.1, 0.15) is 20.9 Å². The molecule has 32 heavy (non-hydrogen) atoms. The highest BCUT2D eigenvalue weighted by Gasteiger charge is 2.21. The molecule has 0 aliphatic heterocycles. The van der Waals surface area contributed by atoms with Crippen molar-refractivity contribution in [1.29, 1.82) is 0 Å². The first-order chi connectivity index (χ1) is 15.5. The Morgan fingerprint density at radius 1 is 1.03 bits per heavy atom. The zero-order valence-corrected chi connectivity index (χ0v) is 18.6. The van der Waals surface area contributed by atoms with Crippen molar-refractivity contribution in [3.8, 4) is 11.6 Å². The third-order valence-corrected chi connectivity index (χ3v) is 5.05. The summed E-state index contributed by atoms with van der Waals surface area (Å²) in [5.74, 6) is 0.494. The molecule has 0 saturated heterocycles. The fraction of sp³-hybridized carbons (Fsp3) is 0.0417. The number of carbonyl (C=O) groups excluding carboxylic acids is 2. The Labute approximate surface area is 192 Å². The molecule has 0 saturated carbocycles. The molecule has 0 aliphatic rings. The van der Waals surface area contributed by atoms with Crippen LogP contribution in [0.4, 0.5) is 11.4 Å². The van der Waals surface area contributed by atoms with E-state index in [4.69, 9.17) is 9.15 Å². The number of anilines is 2. The number of benzene rings is 2. The van der Waals surface area contributed by atoms with Gasteiger partial charge in [0.15, 0.2) is 5.76 Å². The molecule has 0 bridgehead atoms.